The molecule has 0 bridgehead atoms. The quantitative estimate of drug-likeness (QED) is 0.312. The molecule has 162 valence electrons. The number of hydrogen-bond acceptors (Lipinski definition) is 7. The molecule has 9 nitrogen and oxygen atoms in total. The first-order valence-corrected chi connectivity index (χ1v) is 11.0. The molecule has 1 saturated heterocycles. The van der Waals surface area contributed by atoms with E-state index in [0.29, 0.717) is 54.2 Å². The maximum Gasteiger partial charge on any atom is 0.294 e. The van der Waals surface area contributed by atoms with Crippen molar-refractivity contribution in [1.29, 1.82) is 0 Å². The Kier molecular flexibility index (Phi) is 6.19. The molecule has 4 rings (SSSR count). The number of carbonyl (C=O) groups is 1. The molecule has 0 spiro atoms. The lowest BCUT2D eigenvalue weighted by Crippen LogP contribution is -2.48. The van der Waals surface area contributed by atoms with E-state index < -0.39 is 4.92 Å². The van der Waals surface area contributed by atoms with Gasteiger partial charge in [0.15, 0.2) is 10.9 Å². The summed E-state index contributed by atoms with van der Waals surface area (Å²) < 4.78 is 7.67. The molecule has 0 N–H and O–H groups in total. The normalized spacial score (nSPS) is 14.1. The average Bonchev–Trinajstić information content (AvgIpc) is 3.40. The Morgan fingerprint density at radius 3 is 2.71 bits per heavy atom. The van der Waals surface area contributed by atoms with Crippen molar-refractivity contribution in [3.63, 3.8) is 0 Å². The van der Waals surface area contributed by atoms with Crippen LogP contribution in [0, 0.1) is 10.1 Å². The van der Waals surface area contributed by atoms with Gasteiger partial charge in [0.2, 0.25) is 0 Å². The number of rotatable bonds is 6. The summed E-state index contributed by atoms with van der Waals surface area (Å²) in [5.41, 5.74) is 0.473. The number of carbonyl (C=O) groups excluding carboxylic acids is 1. The highest BCUT2D eigenvalue weighted by Crippen LogP contribution is 2.32. The number of aryl methyl sites for hydroxylation is 1. The predicted octanol–water partition coefficient (Wildman–Crippen LogP) is 3.83. The van der Waals surface area contributed by atoms with Crippen molar-refractivity contribution in [2.45, 2.75) is 10.9 Å². The molecular formula is C20H20ClN5O4S. The van der Waals surface area contributed by atoms with Crippen LogP contribution in [0.2, 0.25) is 5.02 Å². The van der Waals surface area contributed by atoms with Gasteiger partial charge in [-0.05, 0) is 24.3 Å². The zero-order valence-electron chi connectivity index (χ0n) is 16.7. The fourth-order valence-corrected chi connectivity index (χ4v) is 4.41. The van der Waals surface area contributed by atoms with E-state index in [-0.39, 0.29) is 11.6 Å². The zero-order chi connectivity index (χ0) is 22.0. The van der Waals surface area contributed by atoms with Crippen LogP contribution < -0.4 is 4.90 Å². The number of furan rings is 1. The number of nitro groups is 1. The number of hydrogen-bond donors (Lipinski definition) is 0. The van der Waals surface area contributed by atoms with E-state index in [1.807, 2.05) is 22.7 Å². The number of amides is 1. The van der Waals surface area contributed by atoms with Crippen molar-refractivity contribution < 1.29 is 14.1 Å². The molecule has 0 saturated carbocycles. The minimum Gasteiger partial charge on any atom is -0.455 e. The summed E-state index contributed by atoms with van der Waals surface area (Å²) in [6, 6.07) is 8.12. The maximum atomic E-state index is 12.8. The van der Waals surface area contributed by atoms with Crippen LogP contribution in [-0.2, 0) is 12.8 Å². The summed E-state index contributed by atoms with van der Waals surface area (Å²) >= 11 is 7.43. The highest BCUT2D eigenvalue weighted by atomic mass is 35.5. The number of piperazine rings is 1. The lowest BCUT2D eigenvalue weighted by Gasteiger charge is -2.35. The number of benzene rings is 1. The van der Waals surface area contributed by atoms with Gasteiger partial charge in [0, 0.05) is 56.7 Å². The van der Waals surface area contributed by atoms with Crippen LogP contribution in [0.5, 0.6) is 0 Å². The summed E-state index contributed by atoms with van der Waals surface area (Å²) in [5, 5.41) is 12.6. The number of nitro benzene ring substituents is 1. The molecule has 3 heterocycles. The number of anilines is 1. The number of thioether (sulfide) groups is 1. The number of aromatic nitrogens is 2. The first-order chi connectivity index (χ1) is 14.9. The van der Waals surface area contributed by atoms with Crippen molar-refractivity contribution >= 4 is 40.6 Å². The Morgan fingerprint density at radius 2 is 2.03 bits per heavy atom. The molecule has 1 aromatic carbocycles. The van der Waals surface area contributed by atoms with Crippen molar-refractivity contribution in [1.82, 2.24) is 14.5 Å². The van der Waals surface area contributed by atoms with Crippen molar-refractivity contribution in [2.75, 3.05) is 31.1 Å². The fourth-order valence-electron chi connectivity index (χ4n) is 3.41. The Bertz CT molecular complexity index is 1110. The Balaban J connectivity index is 1.36. The molecule has 2 aromatic heterocycles. The third-order valence-electron chi connectivity index (χ3n) is 5.03. The van der Waals surface area contributed by atoms with Crippen LogP contribution in [0.4, 0.5) is 11.4 Å². The van der Waals surface area contributed by atoms with Crippen molar-refractivity contribution in [3.05, 3.63) is 69.4 Å². The van der Waals surface area contributed by atoms with Crippen LogP contribution in [0.25, 0.3) is 0 Å². The van der Waals surface area contributed by atoms with E-state index in [2.05, 4.69) is 4.98 Å². The van der Waals surface area contributed by atoms with Gasteiger partial charge in [-0.2, -0.15) is 0 Å². The van der Waals surface area contributed by atoms with Gasteiger partial charge in [0.25, 0.3) is 11.6 Å². The van der Waals surface area contributed by atoms with Crippen LogP contribution in [0.3, 0.4) is 0 Å². The zero-order valence-corrected chi connectivity index (χ0v) is 18.3. The SMILES string of the molecule is Cn1ccnc1SCc1ccc(C(=O)N2CCN(c3ccc(Cl)cc3[N+](=O)[O-])CC2)o1. The fraction of sp³-hybridized carbons (Fsp3) is 0.300. The van der Waals surface area contributed by atoms with E-state index in [0.717, 1.165) is 5.16 Å². The molecule has 0 aliphatic carbocycles. The van der Waals surface area contributed by atoms with Gasteiger partial charge in [0.05, 0.1) is 10.7 Å². The van der Waals surface area contributed by atoms with Crippen molar-refractivity contribution in [3.8, 4) is 0 Å². The van der Waals surface area contributed by atoms with Gasteiger partial charge < -0.3 is 18.8 Å². The van der Waals surface area contributed by atoms with Crippen LogP contribution in [0.1, 0.15) is 16.3 Å². The first-order valence-electron chi connectivity index (χ1n) is 9.59. The maximum absolute atomic E-state index is 12.8. The van der Waals surface area contributed by atoms with Crippen LogP contribution >= 0.6 is 23.4 Å². The molecular weight excluding hydrogens is 442 g/mol. The van der Waals surface area contributed by atoms with E-state index in [1.54, 1.807) is 35.4 Å². The van der Waals surface area contributed by atoms with E-state index >= 15 is 0 Å². The Hall–Kier alpha value is -2.98. The summed E-state index contributed by atoms with van der Waals surface area (Å²) in [5.74, 6) is 1.39. The van der Waals surface area contributed by atoms with Gasteiger partial charge in [-0.1, -0.05) is 23.4 Å². The molecule has 11 heteroatoms. The number of nitrogens with zero attached hydrogens (tertiary/aromatic N) is 5. The largest absolute Gasteiger partial charge is 0.455 e. The van der Waals surface area contributed by atoms with E-state index in [9.17, 15) is 14.9 Å². The Morgan fingerprint density at radius 1 is 1.26 bits per heavy atom. The second-order valence-corrected chi connectivity index (χ2v) is 8.42. The van der Waals surface area contributed by atoms with E-state index in [1.165, 1.54) is 17.8 Å². The summed E-state index contributed by atoms with van der Waals surface area (Å²) in [6.07, 6.45) is 3.61. The van der Waals surface area contributed by atoms with Gasteiger partial charge in [-0.15, -0.1) is 0 Å². The van der Waals surface area contributed by atoms with Crippen LogP contribution in [-0.4, -0.2) is 51.5 Å². The molecule has 1 aliphatic rings. The molecule has 0 atom stereocenters. The second kappa shape index (κ2) is 9.03. The summed E-state index contributed by atoms with van der Waals surface area (Å²) in [6.45, 7) is 1.85. The summed E-state index contributed by atoms with van der Waals surface area (Å²) in [4.78, 5) is 31.6. The molecule has 0 radical (unpaired) electrons. The van der Waals surface area contributed by atoms with Gasteiger partial charge in [0.1, 0.15) is 11.4 Å². The molecule has 1 fully saturated rings. The topological polar surface area (TPSA) is 97.7 Å². The lowest BCUT2D eigenvalue weighted by atomic mass is 10.2. The van der Waals surface area contributed by atoms with Gasteiger partial charge in [-0.25, -0.2) is 4.98 Å². The lowest BCUT2D eigenvalue weighted by molar-refractivity contribution is -0.384. The number of halogens is 1. The minimum atomic E-state index is -0.438. The van der Waals surface area contributed by atoms with Crippen LogP contribution in [0.15, 0.2) is 52.3 Å². The molecule has 1 amide bonds. The van der Waals surface area contributed by atoms with E-state index in [4.69, 9.17) is 16.0 Å². The molecule has 1 aliphatic heterocycles. The Labute approximate surface area is 187 Å². The third kappa shape index (κ3) is 4.70. The van der Waals surface area contributed by atoms with Crippen molar-refractivity contribution in [2.24, 2.45) is 7.05 Å². The highest BCUT2D eigenvalue weighted by Gasteiger charge is 2.27. The smallest absolute Gasteiger partial charge is 0.294 e. The van der Waals surface area contributed by atoms with Gasteiger partial charge >= 0.3 is 0 Å². The molecule has 0 unspecified atom stereocenters. The minimum absolute atomic E-state index is 0.0341. The third-order valence-corrected chi connectivity index (χ3v) is 6.35. The molecule has 3 aromatic rings. The average molecular weight is 462 g/mol. The monoisotopic (exact) mass is 461 g/mol. The second-order valence-electron chi connectivity index (χ2n) is 7.04. The highest BCUT2D eigenvalue weighted by molar-refractivity contribution is 7.98. The standard InChI is InChI=1S/C20H20ClN5O4S/c1-23-7-6-22-20(23)31-13-15-3-5-18(30-15)19(27)25-10-8-24(9-11-25)16-4-2-14(21)12-17(16)26(28)29/h2-7,12H,8-11,13H2,1H3. The summed E-state index contributed by atoms with van der Waals surface area (Å²) in [7, 11) is 1.92. The first kappa shape index (κ1) is 21.3. The predicted molar refractivity (Wildman–Crippen MR) is 118 cm³/mol. The van der Waals surface area contributed by atoms with Gasteiger partial charge in [-0.3, -0.25) is 14.9 Å². The molecule has 31 heavy (non-hydrogen) atoms. The number of imidazole rings is 1.